The molecule has 1 aromatic heterocycles. The summed E-state index contributed by atoms with van der Waals surface area (Å²) in [6.45, 7) is 7.30. The predicted octanol–water partition coefficient (Wildman–Crippen LogP) is 0.268. The maximum atomic E-state index is 11.5. The van der Waals surface area contributed by atoms with Gasteiger partial charge in [0.2, 0.25) is 10.0 Å². The quantitative estimate of drug-likeness (QED) is 0.817. The molecule has 0 atom stereocenters. The van der Waals surface area contributed by atoms with Crippen molar-refractivity contribution in [3.8, 4) is 0 Å². The van der Waals surface area contributed by atoms with Crippen LogP contribution >= 0.6 is 0 Å². The first-order valence-corrected chi connectivity index (χ1v) is 9.16. The zero-order chi connectivity index (χ0) is 15.3. The minimum Gasteiger partial charge on any atom is -0.313 e. The van der Waals surface area contributed by atoms with E-state index in [-0.39, 0.29) is 0 Å². The molecule has 0 amide bonds. The van der Waals surface area contributed by atoms with Crippen LogP contribution in [0, 0.1) is 0 Å². The van der Waals surface area contributed by atoms with Gasteiger partial charge in [-0.05, 0) is 18.2 Å². The van der Waals surface area contributed by atoms with Crippen LogP contribution in [0.4, 0.5) is 0 Å². The Kier molecular flexibility index (Phi) is 5.69. The molecule has 1 saturated heterocycles. The third kappa shape index (κ3) is 5.03. The Morgan fingerprint density at radius 1 is 1.24 bits per heavy atom. The molecule has 118 valence electrons. The van der Waals surface area contributed by atoms with E-state index in [2.05, 4.69) is 34.3 Å². The van der Waals surface area contributed by atoms with Gasteiger partial charge >= 0.3 is 0 Å². The molecule has 0 bridgehead atoms. The van der Waals surface area contributed by atoms with Crippen molar-refractivity contribution in [1.29, 1.82) is 0 Å². The molecule has 0 unspecified atom stereocenters. The number of sulfonamides is 1. The lowest BCUT2D eigenvalue weighted by Crippen LogP contribution is -2.47. The van der Waals surface area contributed by atoms with E-state index in [1.54, 1.807) is 0 Å². The summed E-state index contributed by atoms with van der Waals surface area (Å²) in [5, 5.41) is 3.27. The minimum absolute atomic E-state index is 0.567. The topological polar surface area (TPSA) is 65.5 Å². The highest BCUT2D eigenvalue weighted by atomic mass is 32.2. The van der Waals surface area contributed by atoms with Crippen molar-refractivity contribution in [2.45, 2.75) is 20.0 Å². The van der Waals surface area contributed by atoms with Crippen LogP contribution in [0.3, 0.4) is 0 Å². The fraction of sp³-hybridized carbons (Fsp3) is 0.643. The third-order valence-corrected chi connectivity index (χ3v) is 4.95. The Morgan fingerprint density at radius 2 is 1.95 bits per heavy atom. The first-order chi connectivity index (χ1) is 9.99. The average molecular weight is 312 g/mol. The van der Waals surface area contributed by atoms with Crippen molar-refractivity contribution in [3.63, 3.8) is 0 Å². The van der Waals surface area contributed by atoms with Gasteiger partial charge in [0.05, 0.1) is 11.9 Å². The predicted molar refractivity (Wildman–Crippen MR) is 83.3 cm³/mol. The summed E-state index contributed by atoms with van der Waals surface area (Å²) in [6.07, 6.45) is 3.18. The first kappa shape index (κ1) is 16.4. The average Bonchev–Trinajstić information content (AvgIpc) is 2.46. The van der Waals surface area contributed by atoms with E-state index in [4.69, 9.17) is 0 Å². The maximum absolute atomic E-state index is 11.5. The lowest BCUT2D eigenvalue weighted by atomic mass is 10.2. The van der Waals surface area contributed by atoms with Gasteiger partial charge in [-0.2, -0.15) is 4.31 Å². The van der Waals surface area contributed by atoms with Crippen molar-refractivity contribution in [2.24, 2.45) is 0 Å². The molecule has 2 rings (SSSR count). The van der Waals surface area contributed by atoms with E-state index in [1.807, 2.05) is 6.20 Å². The van der Waals surface area contributed by atoms with Crippen LogP contribution in [0.1, 0.15) is 18.2 Å². The normalized spacial score (nSPS) is 18.0. The van der Waals surface area contributed by atoms with Crippen LogP contribution in [0.25, 0.3) is 0 Å². The molecule has 0 saturated carbocycles. The summed E-state index contributed by atoms with van der Waals surface area (Å²) in [5.74, 6) is 0. The zero-order valence-electron chi connectivity index (χ0n) is 12.7. The molecule has 21 heavy (non-hydrogen) atoms. The van der Waals surface area contributed by atoms with E-state index in [1.165, 1.54) is 16.1 Å². The van der Waals surface area contributed by atoms with E-state index >= 15 is 0 Å². The van der Waals surface area contributed by atoms with Gasteiger partial charge in [-0.1, -0.05) is 13.0 Å². The minimum atomic E-state index is -3.05. The number of rotatable bonds is 6. The van der Waals surface area contributed by atoms with Crippen molar-refractivity contribution < 1.29 is 8.42 Å². The van der Waals surface area contributed by atoms with Gasteiger partial charge in [-0.25, -0.2) is 8.42 Å². The van der Waals surface area contributed by atoms with E-state index in [0.29, 0.717) is 13.1 Å². The molecule has 0 spiro atoms. The van der Waals surface area contributed by atoms with E-state index in [9.17, 15) is 8.42 Å². The second kappa shape index (κ2) is 7.31. The molecule has 1 aromatic rings. The number of nitrogens with zero attached hydrogens (tertiary/aromatic N) is 3. The molecular formula is C14H24N4O2S. The highest BCUT2D eigenvalue weighted by Crippen LogP contribution is 2.09. The third-order valence-electron chi connectivity index (χ3n) is 3.65. The highest BCUT2D eigenvalue weighted by Gasteiger charge is 2.23. The highest BCUT2D eigenvalue weighted by molar-refractivity contribution is 7.88. The van der Waals surface area contributed by atoms with Gasteiger partial charge < -0.3 is 5.32 Å². The van der Waals surface area contributed by atoms with Crippen LogP contribution in [0.15, 0.2) is 18.3 Å². The number of pyridine rings is 1. The SMILES string of the molecule is CCNCc1ccc(CN2CCN(S(C)(=O)=O)CC2)nc1. The standard InChI is InChI=1S/C14H24N4O2S/c1-3-15-10-13-4-5-14(16-11-13)12-17-6-8-18(9-7-17)21(2,19)20/h4-5,11,15H,3,6-10,12H2,1-2H3. The summed E-state index contributed by atoms with van der Waals surface area (Å²) in [5.41, 5.74) is 2.21. The Morgan fingerprint density at radius 3 is 2.48 bits per heavy atom. The van der Waals surface area contributed by atoms with Crippen LogP contribution in [-0.2, 0) is 23.1 Å². The van der Waals surface area contributed by atoms with Gasteiger partial charge in [0.15, 0.2) is 0 Å². The van der Waals surface area contributed by atoms with Gasteiger partial charge in [0.1, 0.15) is 0 Å². The monoisotopic (exact) mass is 312 g/mol. The zero-order valence-corrected chi connectivity index (χ0v) is 13.6. The molecule has 1 N–H and O–H groups in total. The Hall–Kier alpha value is -1.02. The number of hydrogen-bond acceptors (Lipinski definition) is 5. The molecule has 1 aliphatic heterocycles. The Bertz CT molecular complexity index is 537. The number of aromatic nitrogens is 1. The fourth-order valence-electron chi connectivity index (χ4n) is 2.37. The second-order valence-electron chi connectivity index (χ2n) is 5.38. The largest absolute Gasteiger partial charge is 0.313 e. The molecule has 0 aliphatic carbocycles. The van der Waals surface area contributed by atoms with Crippen molar-refractivity contribution in [2.75, 3.05) is 39.0 Å². The van der Waals surface area contributed by atoms with Crippen molar-refractivity contribution in [1.82, 2.24) is 19.5 Å². The number of nitrogens with one attached hydrogen (secondary N) is 1. The fourth-order valence-corrected chi connectivity index (χ4v) is 3.20. The summed E-state index contributed by atoms with van der Waals surface area (Å²) in [4.78, 5) is 6.72. The number of piperazine rings is 1. The van der Waals surface area contributed by atoms with Gasteiger partial charge in [-0.3, -0.25) is 9.88 Å². The van der Waals surface area contributed by atoms with E-state index < -0.39 is 10.0 Å². The first-order valence-electron chi connectivity index (χ1n) is 7.31. The van der Waals surface area contributed by atoms with Gasteiger partial charge in [0.25, 0.3) is 0 Å². The van der Waals surface area contributed by atoms with Crippen molar-refractivity contribution >= 4 is 10.0 Å². The lowest BCUT2D eigenvalue weighted by molar-refractivity contribution is 0.180. The van der Waals surface area contributed by atoms with Gasteiger partial charge in [-0.15, -0.1) is 0 Å². The summed E-state index contributed by atoms with van der Waals surface area (Å²) < 4.78 is 24.5. The van der Waals surface area contributed by atoms with Crippen LogP contribution in [0.2, 0.25) is 0 Å². The molecule has 0 radical (unpaired) electrons. The molecule has 1 aliphatic rings. The Balaban J connectivity index is 1.83. The van der Waals surface area contributed by atoms with Crippen LogP contribution in [0.5, 0.6) is 0 Å². The lowest BCUT2D eigenvalue weighted by Gasteiger charge is -2.32. The molecular weight excluding hydrogens is 288 g/mol. The molecule has 2 heterocycles. The van der Waals surface area contributed by atoms with Crippen molar-refractivity contribution in [3.05, 3.63) is 29.6 Å². The maximum Gasteiger partial charge on any atom is 0.211 e. The summed E-state index contributed by atoms with van der Waals surface area (Å²) in [7, 11) is -3.05. The van der Waals surface area contributed by atoms with Crippen LogP contribution < -0.4 is 5.32 Å². The molecule has 1 fully saturated rings. The Labute approximate surface area is 127 Å². The van der Waals surface area contributed by atoms with E-state index in [0.717, 1.165) is 38.4 Å². The van der Waals surface area contributed by atoms with Crippen LogP contribution in [-0.4, -0.2) is 61.6 Å². The summed E-state index contributed by atoms with van der Waals surface area (Å²) >= 11 is 0. The smallest absolute Gasteiger partial charge is 0.211 e. The van der Waals surface area contributed by atoms with Gasteiger partial charge in [0, 0.05) is 45.5 Å². The molecule has 0 aromatic carbocycles. The second-order valence-corrected chi connectivity index (χ2v) is 7.36. The summed E-state index contributed by atoms with van der Waals surface area (Å²) in [6, 6.07) is 4.15. The molecule has 7 heteroatoms. The number of hydrogen-bond donors (Lipinski definition) is 1. The molecule has 6 nitrogen and oxygen atoms in total.